The molecule has 0 spiro atoms. The lowest BCUT2D eigenvalue weighted by atomic mass is 10.1. The van der Waals surface area contributed by atoms with Crippen LogP contribution in [0.5, 0.6) is 5.75 Å². The number of rotatable bonds is 4. The van der Waals surface area contributed by atoms with Crippen molar-refractivity contribution in [1.82, 2.24) is 9.59 Å². The van der Waals surface area contributed by atoms with E-state index in [0.717, 1.165) is 15.8 Å². The summed E-state index contributed by atoms with van der Waals surface area (Å²) in [7, 11) is 1.62. The van der Waals surface area contributed by atoms with Crippen molar-refractivity contribution in [3.8, 4) is 5.75 Å². The van der Waals surface area contributed by atoms with Crippen molar-refractivity contribution in [1.29, 1.82) is 0 Å². The van der Waals surface area contributed by atoms with Crippen LogP contribution in [0.15, 0.2) is 28.1 Å². The summed E-state index contributed by atoms with van der Waals surface area (Å²) in [6.45, 7) is 0. The Balaban J connectivity index is 2.11. The van der Waals surface area contributed by atoms with Crippen molar-refractivity contribution in [3.63, 3.8) is 0 Å². The number of aliphatic hydroxyl groups excluding tert-OH is 1. The van der Waals surface area contributed by atoms with Crippen LogP contribution in [0.4, 0.5) is 0 Å². The molecule has 17 heavy (non-hydrogen) atoms. The average molecular weight is 315 g/mol. The van der Waals surface area contributed by atoms with Crippen molar-refractivity contribution >= 4 is 27.5 Å². The van der Waals surface area contributed by atoms with Crippen molar-refractivity contribution < 1.29 is 9.84 Å². The Morgan fingerprint density at radius 2 is 2.35 bits per heavy atom. The summed E-state index contributed by atoms with van der Waals surface area (Å²) < 4.78 is 9.76. The van der Waals surface area contributed by atoms with Crippen LogP contribution in [0, 0.1) is 0 Å². The predicted molar refractivity (Wildman–Crippen MR) is 69.3 cm³/mol. The zero-order valence-corrected chi connectivity index (χ0v) is 11.5. The first-order valence-corrected chi connectivity index (χ1v) is 6.61. The summed E-state index contributed by atoms with van der Waals surface area (Å²) in [5, 5.41) is 15.5. The normalized spacial score (nSPS) is 12.4. The third-order valence-corrected chi connectivity index (χ3v) is 3.51. The van der Waals surface area contributed by atoms with Crippen molar-refractivity contribution in [2.24, 2.45) is 0 Å². The van der Waals surface area contributed by atoms with E-state index >= 15 is 0 Å². The van der Waals surface area contributed by atoms with E-state index < -0.39 is 6.10 Å². The average Bonchev–Trinajstić information content (AvgIpc) is 2.82. The second kappa shape index (κ2) is 5.57. The minimum absolute atomic E-state index is 0.508. The molecule has 0 amide bonds. The monoisotopic (exact) mass is 314 g/mol. The van der Waals surface area contributed by atoms with Gasteiger partial charge in [0.25, 0.3) is 0 Å². The number of benzene rings is 1. The molecule has 0 radical (unpaired) electrons. The summed E-state index contributed by atoms with van der Waals surface area (Å²) in [5.74, 6) is 0.776. The smallest absolute Gasteiger partial charge is 0.133 e. The Hall–Kier alpha value is -0.980. The first-order chi connectivity index (χ1) is 8.20. The summed E-state index contributed by atoms with van der Waals surface area (Å²) in [4.78, 5) is 0. The highest BCUT2D eigenvalue weighted by Crippen LogP contribution is 2.27. The third-order valence-electron chi connectivity index (χ3n) is 2.36. The summed E-state index contributed by atoms with van der Waals surface area (Å²) in [5.41, 5.74) is 1.63. The topological polar surface area (TPSA) is 55.2 Å². The SMILES string of the molecule is COc1ccc(CC(O)c2csnn2)cc1Br. The highest BCUT2D eigenvalue weighted by molar-refractivity contribution is 9.10. The maximum Gasteiger partial charge on any atom is 0.133 e. The predicted octanol–water partition coefficient (Wildman–Crippen LogP) is 2.59. The maximum atomic E-state index is 9.94. The highest BCUT2D eigenvalue weighted by Gasteiger charge is 2.12. The minimum Gasteiger partial charge on any atom is -0.496 e. The molecular formula is C11H11BrN2O2S. The Kier molecular flexibility index (Phi) is 4.09. The third kappa shape index (κ3) is 3.02. The van der Waals surface area contributed by atoms with E-state index in [4.69, 9.17) is 4.74 Å². The molecule has 0 saturated carbocycles. The molecule has 1 atom stereocenters. The molecular weight excluding hydrogens is 304 g/mol. The lowest BCUT2D eigenvalue weighted by Gasteiger charge is -2.09. The van der Waals surface area contributed by atoms with E-state index in [1.165, 1.54) is 11.5 Å². The van der Waals surface area contributed by atoms with Crippen LogP contribution in [0.2, 0.25) is 0 Å². The zero-order chi connectivity index (χ0) is 12.3. The molecule has 90 valence electrons. The lowest BCUT2D eigenvalue weighted by Crippen LogP contribution is -2.02. The lowest BCUT2D eigenvalue weighted by molar-refractivity contribution is 0.173. The van der Waals surface area contributed by atoms with Gasteiger partial charge in [-0.15, -0.1) is 5.10 Å². The van der Waals surface area contributed by atoms with Gasteiger partial charge in [-0.1, -0.05) is 10.6 Å². The van der Waals surface area contributed by atoms with E-state index in [9.17, 15) is 5.11 Å². The Bertz CT molecular complexity index is 490. The highest BCUT2D eigenvalue weighted by atomic mass is 79.9. The van der Waals surface area contributed by atoms with Crippen LogP contribution >= 0.6 is 27.5 Å². The fraction of sp³-hybridized carbons (Fsp3) is 0.273. The van der Waals surface area contributed by atoms with Crippen LogP contribution in [0.25, 0.3) is 0 Å². The van der Waals surface area contributed by atoms with Crippen LogP contribution in [-0.2, 0) is 6.42 Å². The number of hydrogen-bond donors (Lipinski definition) is 1. The molecule has 0 aliphatic rings. The number of hydrogen-bond acceptors (Lipinski definition) is 5. The van der Waals surface area contributed by atoms with Gasteiger partial charge >= 0.3 is 0 Å². The van der Waals surface area contributed by atoms with Gasteiger partial charge in [-0.2, -0.15) is 0 Å². The fourth-order valence-corrected chi connectivity index (χ4v) is 2.57. The summed E-state index contributed by atoms with van der Waals surface area (Å²) in [6.07, 6.45) is -0.109. The molecule has 0 saturated heterocycles. The number of methoxy groups -OCH3 is 1. The van der Waals surface area contributed by atoms with E-state index in [1.54, 1.807) is 12.5 Å². The first-order valence-electron chi connectivity index (χ1n) is 4.98. The molecule has 4 nitrogen and oxygen atoms in total. The Labute approximate surface area is 112 Å². The second-order valence-electron chi connectivity index (χ2n) is 3.52. The van der Waals surface area contributed by atoms with E-state index in [1.807, 2.05) is 18.2 Å². The molecule has 0 bridgehead atoms. The summed E-state index contributed by atoms with van der Waals surface area (Å²) in [6, 6.07) is 5.72. The van der Waals surface area contributed by atoms with Crippen LogP contribution < -0.4 is 4.74 Å². The molecule has 1 heterocycles. The second-order valence-corrected chi connectivity index (χ2v) is 4.98. The first kappa shape index (κ1) is 12.5. The van der Waals surface area contributed by atoms with Gasteiger partial charge in [0.15, 0.2) is 0 Å². The molecule has 0 aliphatic heterocycles. The van der Waals surface area contributed by atoms with Gasteiger partial charge in [0, 0.05) is 11.8 Å². The van der Waals surface area contributed by atoms with Gasteiger partial charge in [-0.25, -0.2) is 0 Å². The molecule has 0 aliphatic carbocycles. The minimum atomic E-state index is -0.617. The molecule has 1 aromatic heterocycles. The standard InChI is InChI=1S/C11H11BrN2O2S/c1-16-11-3-2-7(4-8(11)12)5-10(15)9-6-17-14-13-9/h2-4,6,10,15H,5H2,1H3. The van der Waals surface area contributed by atoms with Crippen molar-refractivity contribution in [2.45, 2.75) is 12.5 Å². The number of aromatic nitrogens is 2. The van der Waals surface area contributed by atoms with Gasteiger partial charge in [-0.05, 0) is 45.2 Å². The number of halogens is 1. The van der Waals surface area contributed by atoms with Gasteiger partial charge < -0.3 is 9.84 Å². The summed E-state index contributed by atoms with van der Waals surface area (Å²) >= 11 is 4.65. The quantitative estimate of drug-likeness (QED) is 0.942. The molecule has 2 aromatic rings. The van der Waals surface area contributed by atoms with Gasteiger partial charge in [-0.3, -0.25) is 0 Å². The molecule has 1 unspecified atom stereocenters. The fourth-order valence-electron chi connectivity index (χ4n) is 1.48. The maximum absolute atomic E-state index is 9.94. The molecule has 1 aromatic carbocycles. The van der Waals surface area contributed by atoms with Crippen molar-refractivity contribution in [3.05, 3.63) is 39.3 Å². The van der Waals surface area contributed by atoms with E-state index in [2.05, 4.69) is 25.5 Å². The number of ether oxygens (including phenoxy) is 1. The van der Waals surface area contributed by atoms with Gasteiger partial charge in [0.1, 0.15) is 17.5 Å². The van der Waals surface area contributed by atoms with Crippen LogP contribution in [0.1, 0.15) is 17.4 Å². The molecule has 6 heteroatoms. The zero-order valence-electron chi connectivity index (χ0n) is 9.13. The van der Waals surface area contributed by atoms with Gasteiger partial charge in [0.2, 0.25) is 0 Å². The van der Waals surface area contributed by atoms with E-state index in [-0.39, 0.29) is 0 Å². The van der Waals surface area contributed by atoms with Gasteiger partial charge in [0.05, 0.1) is 11.6 Å². The molecule has 0 fully saturated rings. The van der Waals surface area contributed by atoms with Crippen molar-refractivity contribution in [2.75, 3.05) is 7.11 Å². The van der Waals surface area contributed by atoms with Crippen LogP contribution in [-0.4, -0.2) is 21.8 Å². The number of nitrogens with zero attached hydrogens (tertiary/aromatic N) is 2. The van der Waals surface area contributed by atoms with E-state index in [0.29, 0.717) is 12.1 Å². The Morgan fingerprint density at radius 3 is 2.94 bits per heavy atom. The number of aliphatic hydroxyl groups is 1. The molecule has 1 N–H and O–H groups in total. The molecule has 2 rings (SSSR count). The largest absolute Gasteiger partial charge is 0.496 e. The Morgan fingerprint density at radius 1 is 1.53 bits per heavy atom. The van der Waals surface area contributed by atoms with Crippen LogP contribution in [0.3, 0.4) is 0 Å².